The second-order valence-corrected chi connectivity index (χ2v) is 4.73. The highest BCUT2D eigenvalue weighted by Gasteiger charge is 2.27. The summed E-state index contributed by atoms with van der Waals surface area (Å²) in [5, 5.41) is 0. The van der Waals surface area contributed by atoms with Crippen LogP contribution in [0.15, 0.2) is 18.2 Å². The van der Waals surface area contributed by atoms with E-state index in [0.29, 0.717) is 5.92 Å². The van der Waals surface area contributed by atoms with E-state index in [1.165, 1.54) is 17.5 Å². The van der Waals surface area contributed by atoms with Crippen LogP contribution in [0.1, 0.15) is 36.8 Å². The summed E-state index contributed by atoms with van der Waals surface area (Å²) in [6, 6.07) is 6.40. The van der Waals surface area contributed by atoms with Crippen LogP contribution in [-0.2, 0) is 6.42 Å². The smallest absolute Gasteiger partial charge is 0.122 e. The molecule has 2 unspecified atom stereocenters. The molecule has 1 aromatic rings. The molecule has 2 atom stereocenters. The maximum Gasteiger partial charge on any atom is 0.122 e. The molecule has 0 radical (unpaired) electrons. The van der Waals surface area contributed by atoms with Crippen molar-refractivity contribution in [3.63, 3.8) is 0 Å². The van der Waals surface area contributed by atoms with E-state index in [-0.39, 0.29) is 0 Å². The van der Waals surface area contributed by atoms with Gasteiger partial charge in [-0.3, -0.25) is 0 Å². The second-order valence-electron chi connectivity index (χ2n) is 4.73. The maximum atomic E-state index is 5.72. The van der Waals surface area contributed by atoms with Crippen LogP contribution in [0.5, 0.6) is 5.75 Å². The van der Waals surface area contributed by atoms with E-state index in [4.69, 9.17) is 10.5 Å². The van der Waals surface area contributed by atoms with Gasteiger partial charge in [0.05, 0.1) is 7.11 Å². The molecular weight excluding hydrogens is 198 g/mol. The molecule has 1 aliphatic rings. The molecule has 0 aliphatic heterocycles. The van der Waals surface area contributed by atoms with Gasteiger partial charge in [-0.05, 0) is 54.8 Å². The minimum atomic E-state index is 0.615. The number of fused-ring (bicyclic) bond motifs is 1. The topological polar surface area (TPSA) is 35.2 Å². The number of methoxy groups -OCH3 is 1. The molecule has 0 saturated heterocycles. The lowest BCUT2D eigenvalue weighted by Crippen LogP contribution is -2.21. The fraction of sp³-hybridized carbons (Fsp3) is 0.571. The van der Waals surface area contributed by atoms with Crippen molar-refractivity contribution in [3.05, 3.63) is 29.3 Å². The van der Waals surface area contributed by atoms with E-state index >= 15 is 0 Å². The second kappa shape index (κ2) is 4.88. The van der Waals surface area contributed by atoms with Crippen LogP contribution in [0.3, 0.4) is 0 Å². The van der Waals surface area contributed by atoms with Gasteiger partial charge < -0.3 is 10.5 Å². The molecule has 0 spiro atoms. The molecular formula is C14H21NO. The third-order valence-corrected chi connectivity index (χ3v) is 3.80. The number of hydrogen-bond acceptors (Lipinski definition) is 2. The summed E-state index contributed by atoms with van der Waals surface area (Å²) >= 11 is 0. The lowest BCUT2D eigenvalue weighted by molar-refractivity contribution is 0.366. The Kier molecular flexibility index (Phi) is 3.49. The highest BCUT2D eigenvalue weighted by atomic mass is 16.5. The van der Waals surface area contributed by atoms with Gasteiger partial charge in [0.15, 0.2) is 0 Å². The van der Waals surface area contributed by atoms with Crippen LogP contribution in [0.2, 0.25) is 0 Å². The van der Waals surface area contributed by atoms with Crippen molar-refractivity contribution in [3.8, 4) is 5.75 Å². The zero-order valence-corrected chi connectivity index (χ0v) is 10.2. The molecule has 0 amide bonds. The minimum Gasteiger partial charge on any atom is -0.496 e. The van der Waals surface area contributed by atoms with Gasteiger partial charge in [0.1, 0.15) is 5.75 Å². The Labute approximate surface area is 97.8 Å². The molecule has 2 rings (SSSR count). The van der Waals surface area contributed by atoms with Gasteiger partial charge in [-0.1, -0.05) is 19.1 Å². The summed E-state index contributed by atoms with van der Waals surface area (Å²) in [6.07, 6.45) is 3.47. The van der Waals surface area contributed by atoms with Gasteiger partial charge in [-0.15, -0.1) is 0 Å². The first-order valence-electron chi connectivity index (χ1n) is 6.13. The van der Waals surface area contributed by atoms with Crippen molar-refractivity contribution in [2.24, 2.45) is 11.7 Å². The normalized spacial score (nSPS) is 23.9. The fourth-order valence-corrected chi connectivity index (χ4v) is 2.89. The molecule has 0 bridgehead atoms. The van der Waals surface area contributed by atoms with Crippen LogP contribution >= 0.6 is 0 Å². The van der Waals surface area contributed by atoms with Crippen LogP contribution in [-0.4, -0.2) is 13.7 Å². The Hall–Kier alpha value is -1.02. The predicted octanol–water partition coefficient (Wildman–Crippen LogP) is 2.71. The largest absolute Gasteiger partial charge is 0.496 e. The predicted molar refractivity (Wildman–Crippen MR) is 66.9 cm³/mol. The molecule has 2 N–H and O–H groups in total. The first-order valence-corrected chi connectivity index (χ1v) is 6.13. The Morgan fingerprint density at radius 3 is 2.94 bits per heavy atom. The van der Waals surface area contributed by atoms with Gasteiger partial charge in [-0.2, -0.15) is 0 Å². The zero-order chi connectivity index (χ0) is 11.5. The van der Waals surface area contributed by atoms with E-state index in [2.05, 4.69) is 25.1 Å². The minimum absolute atomic E-state index is 0.615. The highest BCUT2D eigenvalue weighted by Crippen LogP contribution is 2.41. The van der Waals surface area contributed by atoms with Gasteiger partial charge >= 0.3 is 0 Å². The first-order chi connectivity index (χ1) is 7.77. The molecule has 0 heterocycles. The molecule has 2 nitrogen and oxygen atoms in total. The Morgan fingerprint density at radius 1 is 1.44 bits per heavy atom. The number of nitrogens with two attached hydrogens (primary N) is 1. The van der Waals surface area contributed by atoms with E-state index in [1.807, 2.05) is 0 Å². The van der Waals surface area contributed by atoms with Gasteiger partial charge in [-0.25, -0.2) is 0 Å². The number of benzene rings is 1. The fourth-order valence-electron chi connectivity index (χ4n) is 2.89. The van der Waals surface area contributed by atoms with Crippen LogP contribution in [0.4, 0.5) is 0 Å². The highest BCUT2D eigenvalue weighted by molar-refractivity contribution is 5.44. The van der Waals surface area contributed by atoms with Crippen LogP contribution in [0, 0.1) is 5.92 Å². The van der Waals surface area contributed by atoms with Crippen LogP contribution < -0.4 is 10.5 Å². The summed E-state index contributed by atoms with van der Waals surface area (Å²) in [7, 11) is 1.76. The average Bonchev–Trinajstić information content (AvgIpc) is 2.32. The molecule has 1 aliphatic carbocycles. The third-order valence-electron chi connectivity index (χ3n) is 3.80. The zero-order valence-electron chi connectivity index (χ0n) is 10.2. The van der Waals surface area contributed by atoms with E-state index in [0.717, 1.165) is 31.1 Å². The van der Waals surface area contributed by atoms with Crippen molar-refractivity contribution < 1.29 is 4.74 Å². The summed E-state index contributed by atoms with van der Waals surface area (Å²) in [5.41, 5.74) is 8.58. The maximum absolute atomic E-state index is 5.72. The summed E-state index contributed by atoms with van der Waals surface area (Å²) in [6.45, 7) is 3.11. The number of rotatable bonds is 3. The summed E-state index contributed by atoms with van der Waals surface area (Å²) in [5.74, 6) is 2.40. The Bertz CT molecular complexity index is 362. The number of hydrogen-bond donors (Lipinski definition) is 1. The molecule has 0 saturated carbocycles. The van der Waals surface area contributed by atoms with Crippen molar-refractivity contribution in [1.82, 2.24) is 0 Å². The van der Waals surface area contributed by atoms with Gasteiger partial charge in [0.2, 0.25) is 0 Å². The van der Waals surface area contributed by atoms with E-state index < -0.39 is 0 Å². The van der Waals surface area contributed by atoms with Crippen molar-refractivity contribution in [2.45, 2.75) is 32.1 Å². The lowest BCUT2D eigenvalue weighted by atomic mass is 9.74. The summed E-state index contributed by atoms with van der Waals surface area (Å²) in [4.78, 5) is 0. The van der Waals surface area contributed by atoms with Gasteiger partial charge in [0.25, 0.3) is 0 Å². The lowest BCUT2D eigenvalue weighted by Gasteiger charge is -2.32. The van der Waals surface area contributed by atoms with Crippen molar-refractivity contribution in [2.75, 3.05) is 13.7 Å². The Balaban J connectivity index is 2.39. The molecule has 88 valence electrons. The first kappa shape index (κ1) is 11.5. The number of ether oxygens (including phenoxy) is 1. The summed E-state index contributed by atoms with van der Waals surface area (Å²) < 4.78 is 5.44. The Morgan fingerprint density at radius 2 is 2.25 bits per heavy atom. The SMILES string of the molecule is COc1cccc2c1CCC(C)C2CCN. The quantitative estimate of drug-likeness (QED) is 0.848. The van der Waals surface area contributed by atoms with E-state index in [9.17, 15) is 0 Å². The van der Waals surface area contributed by atoms with Crippen molar-refractivity contribution >= 4 is 0 Å². The average molecular weight is 219 g/mol. The molecule has 0 fully saturated rings. The van der Waals surface area contributed by atoms with Crippen LogP contribution in [0.25, 0.3) is 0 Å². The molecule has 16 heavy (non-hydrogen) atoms. The molecule has 0 aromatic heterocycles. The third kappa shape index (κ3) is 1.94. The van der Waals surface area contributed by atoms with Gasteiger partial charge in [0, 0.05) is 0 Å². The monoisotopic (exact) mass is 219 g/mol. The van der Waals surface area contributed by atoms with Crippen molar-refractivity contribution in [1.29, 1.82) is 0 Å². The molecule has 2 heteroatoms. The molecule has 1 aromatic carbocycles. The standard InChI is InChI=1S/C14H21NO/c1-10-6-7-13-12(11(10)8-9-15)4-3-5-14(13)16-2/h3-5,10-11H,6-9,15H2,1-2H3. The van der Waals surface area contributed by atoms with E-state index in [1.54, 1.807) is 7.11 Å².